The third-order valence-corrected chi connectivity index (χ3v) is 16.6. The quantitative estimate of drug-likeness (QED) is 0.115. The van der Waals surface area contributed by atoms with E-state index in [1.54, 1.807) is 0 Å². The third kappa shape index (κ3) is 5.94. The van der Waals surface area contributed by atoms with Gasteiger partial charge < -0.3 is 0 Å². The number of fused-ring (bicyclic) bond motifs is 3. The minimum atomic E-state index is -2.77. The third-order valence-electron chi connectivity index (χ3n) is 10.7. The molecular formula is C51H35N3SSi. The topological polar surface area (TPSA) is 38.7 Å². The van der Waals surface area contributed by atoms with Crippen LogP contribution in [0.25, 0.3) is 65.5 Å². The molecule has 0 spiro atoms. The second-order valence-electron chi connectivity index (χ2n) is 14.0. The fraction of sp³-hybridized carbons (Fsp3) is 0. The molecule has 8 aromatic carbocycles. The van der Waals surface area contributed by atoms with E-state index >= 15 is 0 Å². The standard InChI is InChI=1S/C51H35N3SSi/c1-6-19-36(20-7-1)49-52-50(37-21-8-2-9-22-37)54-51(53-49)39-34-45(48-44-31-16-17-32-46(44)55-47(48)35-39)38-23-18-30-43(33-38)56(40-24-10-3-11-25-40,41-26-12-4-13-27-41)42-28-14-5-15-29-42/h1-35H. The van der Waals surface area contributed by atoms with Crippen molar-refractivity contribution in [2.45, 2.75) is 0 Å². The van der Waals surface area contributed by atoms with Crippen LogP contribution in [0, 0.1) is 0 Å². The summed E-state index contributed by atoms with van der Waals surface area (Å²) in [5.74, 6) is 1.95. The number of rotatable bonds is 8. The van der Waals surface area contributed by atoms with Crippen molar-refractivity contribution in [2.24, 2.45) is 0 Å². The molecule has 5 heteroatoms. The van der Waals surface area contributed by atoms with E-state index in [2.05, 4.69) is 176 Å². The van der Waals surface area contributed by atoms with Gasteiger partial charge in [-0.25, -0.2) is 15.0 Å². The molecule has 0 N–H and O–H groups in total. The summed E-state index contributed by atoms with van der Waals surface area (Å²) >= 11 is 1.82. The van der Waals surface area contributed by atoms with Crippen LogP contribution in [0.3, 0.4) is 0 Å². The normalized spacial score (nSPS) is 11.6. The summed E-state index contributed by atoms with van der Waals surface area (Å²) < 4.78 is 2.45. The maximum Gasteiger partial charge on any atom is 0.179 e. The number of aromatic nitrogens is 3. The van der Waals surface area contributed by atoms with Crippen LogP contribution in [0.15, 0.2) is 212 Å². The van der Waals surface area contributed by atoms with Gasteiger partial charge in [0.25, 0.3) is 0 Å². The van der Waals surface area contributed by atoms with Gasteiger partial charge in [-0.2, -0.15) is 0 Å². The molecule has 10 rings (SSSR count). The Morgan fingerprint density at radius 3 is 1.29 bits per heavy atom. The Hall–Kier alpha value is -6.79. The summed E-state index contributed by atoms with van der Waals surface area (Å²) in [5, 5.41) is 7.88. The molecule has 56 heavy (non-hydrogen) atoms. The zero-order valence-corrected chi connectivity index (χ0v) is 32.3. The van der Waals surface area contributed by atoms with E-state index in [1.807, 2.05) is 47.7 Å². The van der Waals surface area contributed by atoms with Crippen molar-refractivity contribution in [1.82, 2.24) is 15.0 Å². The molecule has 2 aromatic heterocycles. The van der Waals surface area contributed by atoms with Gasteiger partial charge in [0.2, 0.25) is 0 Å². The van der Waals surface area contributed by atoms with Crippen LogP contribution in [0.1, 0.15) is 0 Å². The molecule has 0 radical (unpaired) electrons. The molecule has 0 amide bonds. The monoisotopic (exact) mass is 749 g/mol. The second kappa shape index (κ2) is 14.5. The zero-order valence-electron chi connectivity index (χ0n) is 30.5. The van der Waals surface area contributed by atoms with Crippen molar-refractivity contribution in [3.05, 3.63) is 212 Å². The molecule has 10 aromatic rings. The second-order valence-corrected chi connectivity index (χ2v) is 18.9. The molecule has 0 bridgehead atoms. The van der Waals surface area contributed by atoms with Gasteiger partial charge in [0, 0.05) is 36.9 Å². The van der Waals surface area contributed by atoms with Gasteiger partial charge in [0.15, 0.2) is 25.5 Å². The van der Waals surface area contributed by atoms with Gasteiger partial charge in [0.1, 0.15) is 0 Å². The predicted octanol–water partition coefficient (Wildman–Crippen LogP) is 10.3. The molecule has 264 valence electrons. The van der Waals surface area contributed by atoms with E-state index in [9.17, 15) is 0 Å². The van der Waals surface area contributed by atoms with Crippen molar-refractivity contribution in [1.29, 1.82) is 0 Å². The van der Waals surface area contributed by atoms with E-state index in [0.29, 0.717) is 17.5 Å². The highest BCUT2D eigenvalue weighted by Crippen LogP contribution is 2.42. The lowest BCUT2D eigenvalue weighted by molar-refractivity contribution is 1.07. The molecule has 2 heterocycles. The minimum absolute atomic E-state index is 0.649. The Kier molecular flexibility index (Phi) is 8.71. The van der Waals surface area contributed by atoms with Gasteiger partial charge in [-0.15, -0.1) is 11.3 Å². The first-order valence-electron chi connectivity index (χ1n) is 18.9. The first-order valence-corrected chi connectivity index (χ1v) is 21.7. The largest absolute Gasteiger partial charge is 0.208 e. The molecule has 0 saturated carbocycles. The highest BCUT2D eigenvalue weighted by Gasteiger charge is 2.41. The van der Waals surface area contributed by atoms with Crippen LogP contribution < -0.4 is 20.7 Å². The first-order chi connectivity index (χ1) is 27.8. The fourth-order valence-electron chi connectivity index (χ4n) is 8.13. The molecular weight excluding hydrogens is 715 g/mol. The Bertz CT molecular complexity index is 2800. The van der Waals surface area contributed by atoms with Crippen LogP contribution >= 0.6 is 11.3 Å². The van der Waals surface area contributed by atoms with Crippen LogP contribution in [-0.2, 0) is 0 Å². The first kappa shape index (κ1) is 33.8. The number of hydrogen-bond donors (Lipinski definition) is 0. The summed E-state index contributed by atoms with van der Waals surface area (Å²) in [7, 11) is -2.77. The van der Waals surface area contributed by atoms with Gasteiger partial charge in [-0.3, -0.25) is 0 Å². The summed E-state index contributed by atoms with van der Waals surface area (Å²) in [4.78, 5) is 15.3. The van der Waals surface area contributed by atoms with Crippen molar-refractivity contribution in [2.75, 3.05) is 0 Å². The Labute approximate surface area is 331 Å². The Balaban J connectivity index is 1.25. The summed E-state index contributed by atoms with van der Waals surface area (Å²) in [5.41, 5.74) is 5.19. The van der Waals surface area contributed by atoms with E-state index < -0.39 is 8.07 Å². The summed E-state index contributed by atoms with van der Waals surface area (Å²) in [6.07, 6.45) is 0. The van der Waals surface area contributed by atoms with Gasteiger partial charge in [-0.1, -0.05) is 194 Å². The Morgan fingerprint density at radius 1 is 0.321 bits per heavy atom. The van der Waals surface area contributed by atoms with E-state index in [0.717, 1.165) is 27.8 Å². The summed E-state index contributed by atoms with van der Waals surface area (Å²) in [6.45, 7) is 0. The van der Waals surface area contributed by atoms with E-state index in [1.165, 1.54) is 40.9 Å². The van der Waals surface area contributed by atoms with Crippen molar-refractivity contribution in [3.8, 4) is 45.3 Å². The van der Waals surface area contributed by atoms with Gasteiger partial charge in [0.05, 0.1) is 0 Å². The van der Waals surface area contributed by atoms with E-state index in [4.69, 9.17) is 15.0 Å². The number of thiophene rings is 1. The lowest BCUT2D eigenvalue weighted by Crippen LogP contribution is -2.74. The van der Waals surface area contributed by atoms with Crippen molar-refractivity contribution in [3.63, 3.8) is 0 Å². The summed E-state index contributed by atoms with van der Waals surface area (Å²) in [6, 6.07) is 76.4. The molecule has 3 nitrogen and oxygen atoms in total. The molecule has 0 aliphatic heterocycles. The van der Waals surface area contributed by atoms with Crippen LogP contribution in [0.4, 0.5) is 0 Å². The Morgan fingerprint density at radius 2 is 0.750 bits per heavy atom. The smallest absolute Gasteiger partial charge is 0.179 e. The molecule has 0 fully saturated rings. The van der Waals surface area contributed by atoms with Crippen molar-refractivity contribution < 1.29 is 0 Å². The van der Waals surface area contributed by atoms with Gasteiger partial charge in [-0.05, 0) is 50.1 Å². The van der Waals surface area contributed by atoms with Crippen LogP contribution in [0.2, 0.25) is 0 Å². The maximum atomic E-state index is 5.16. The minimum Gasteiger partial charge on any atom is -0.208 e. The van der Waals surface area contributed by atoms with Crippen LogP contribution in [0.5, 0.6) is 0 Å². The highest BCUT2D eigenvalue weighted by molar-refractivity contribution is 7.26. The number of benzene rings is 8. The highest BCUT2D eigenvalue weighted by atomic mass is 32.1. The number of hydrogen-bond acceptors (Lipinski definition) is 4. The SMILES string of the molecule is c1ccc(-c2nc(-c3ccccc3)nc(-c3cc(-c4cccc([Si](c5ccccc5)(c5ccccc5)c5ccccc5)c4)c4c(c3)sc3ccccc34)n2)cc1. The van der Waals surface area contributed by atoms with Gasteiger partial charge >= 0.3 is 0 Å². The average Bonchev–Trinajstić information content (AvgIpc) is 3.67. The van der Waals surface area contributed by atoms with Crippen LogP contribution in [-0.4, -0.2) is 23.0 Å². The van der Waals surface area contributed by atoms with E-state index in [-0.39, 0.29) is 0 Å². The zero-order chi connectivity index (χ0) is 37.3. The molecule has 0 atom stereocenters. The molecule has 0 aliphatic carbocycles. The van der Waals surface area contributed by atoms with Crippen molar-refractivity contribution >= 4 is 60.3 Å². The maximum absolute atomic E-state index is 5.16. The average molecular weight is 750 g/mol. The molecule has 0 saturated heterocycles. The molecule has 0 unspecified atom stereocenters. The predicted molar refractivity (Wildman–Crippen MR) is 238 cm³/mol. The number of nitrogens with zero attached hydrogens (tertiary/aromatic N) is 3. The molecule has 0 aliphatic rings. The lowest BCUT2D eigenvalue weighted by Gasteiger charge is -2.34. The fourth-order valence-corrected chi connectivity index (χ4v) is 14.1. The lowest BCUT2D eigenvalue weighted by atomic mass is 9.97.